The number of fused-ring (bicyclic) bond motifs is 1. The van der Waals surface area contributed by atoms with Gasteiger partial charge >= 0.3 is 0 Å². The lowest BCUT2D eigenvalue weighted by molar-refractivity contribution is -0.123. The van der Waals surface area contributed by atoms with Crippen LogP contribution in [0.25, 0.3) is 11.1 Å². The third-order valence-corrected chi connectivity index (χ3v) is 3.01. The number of carbonyl (C=O) groups excluding carboxylic acids is 2. The number of aromatic nitrogens is 2. The number of hydrogen-bond donors (Lipinski definition) is 2. The molecule has 7 nitrogen and oxygen atoms in total. The smallest absolute Gasteiger partial charge is 0.257 e. The number of rotatable bonds is 5. The van der Waals surface area contributed by atoms with Crippen molar-refractivity contribution in [2.24, 2.45) is 5.92 Å². The van der Waals surface area contributed by atoms with Gasteiger partial charge in [0.1, 0.15) is 0 Å². The lowest BCUT2D eigenvalue weighted by Gasteiger charge is -2.08. The fourth-order valence-electron chi connectivity index (χ4n) is 1.74. The van der Waals surface area contributed by atoms with Crippen LogP contribution in [-0.2, 0) is 4.79 Å². The van der Waals surface area contributed by atoms with E-state index < -0.39 is 0 Å². The van der Waals surface area contributed by atoms with Crippen LogP contribution in [-0.4, -0.2) is 35.0 Å². The Morgan fingerprint density at radius 1 is 1.29 bits per heavy atom. The van der Waals surface area contributed by atoms with E-state index in [0.29, 0.717) is 30.1 Å². The summed E-state index contributed by atoms with van der Waals surface area (Å²) in [6.45, 7) is 6.17. The van der Waals surface area contributed by atoms with Crippen LogP contribution in [0.15, 0.2) is 16.8 Å². The molecule has 2 aromatic heterocycles. The monoisotopic (exact) mass is 290 g/mol. The van der Waals surface area contributed by atoms with Gasteiger partial charge in [0.2, 0.25) is 5.91 Å². The number of pyridine rings is 1. The number of carbonyl (C=O) groups is 2. The van der Waals surface area contributed by atoms with Gasteiger partial charge in [0.15, 0.2) is 0 Å². The Kier molecular flexibility index (Phi) is 4.52. The van der Waals surface area contributed by atoms with Crippen LogP contribution in [0.5, 0.6) is 0 Å². The Morgan fingerprint density at radius 3 is 2.71 bits per heavy atom. The second-order valence-corrected chi connectivity index (χ2v) is 5.05. The zero-order chi connectivity index (χ0) is 15.4. The van der Waals surface area contributed by atoms with E-state index in [4.69, 9.17) is 4.52 Å². The molecule has 0 aliphatic carbocycles. The maximum atomic E-state index is 12.0. The second-order valence-electron chi connectivity index (χ2n) is 5.05. The van der Waals surface area contributed by atoms with E-state index >= 15 is 0 Å². The molecule has 0 atom stereocenters. The van der Waals surface area contributed by atoms with Gasteiger partial charge in [-0.25, -0.2) is 4.98 Å². The molecule has 0 radical (unpaired) electrons. The Balaban J connectivity index is 1.90. The molecule has 0 aliphatic heterocycles. The highest BCUT2D eigenvalue weighted by Gasteiger charge is 2.11. The molecule has 2 amide bonds. The van der Waals surface area contributed by atoms with Crippen LogP contribution in [0.3, 0.4) is 0 Å². The summed E-state index contributed by atoms with van der Waals surface area (Å²) in [7, 11) is 0. The third-order valence-electron chi connectivity index (χ3n) is 3.01. The summed E-state index contributed by atoms with van der Waals surface area (Å²) in [6.07, 6.45) is 1.44. The molecule has 2 N–H and O–H groups in total. The predicted molar refractivity (Wildman–Crippen MR) is 76.7 cm³/mol. The van der Waals surface area contributed by atoms with Gasteiger partial charge in [0.05, 0.1) is 16.6 Å². The first-order chi connectivity index (χ1) is 9.99. The van der Waals surface area contributed by atoms with Crippen LogP contribution >= 0.6 is 0 Å². The van der Waals surface area contributed by atoms with Crippen molar-refractivity contribution in [3.8, 4) is 0 Å². The van der Waals surface area contributed by atoms with E-state index in [2.05, 4.69) is 20.8 Å². The van der Waals surface area contributed by atoms with Crippen LogP contribution in [0.1, 0.15) is 29.9 Å². The summed E-state index contributed by atoms with van der Waals surface area (Å²) in [4.78, 5) is 27.4. The van der Waals surface area contributed by atoms with E-state index in [-0.39, 0.29) is 17.7 Å². The van der Waals surface area contributed by atoms with Gasteiger partial charge in [-0.15, -0.1) is 0 Å². The lowest BCUT2D eigenvalue weighted by Crippen LogP contribution is -2.36. The molecule has 2 aromatic rings. The molecule has 0 aromatic carbocycles. The van der Waals surface area contributed by atoms with Crippen molar-refractivity contribution in [2.75, 3.05) is 13.1 Å². The van der Waals surface area contributed by atoms with Gasteiger partial charge < -0.3 is 15.2 Å². The van der Waals surface area contributed by atoms with Crippen LogP contribution in [0.4, 0.5) is 0 Å². The third kappa shape index (κ3) is 3.56. The summed E-state index contributed by atoms with van der Waals surface area (Å²) in [5, 5.41) is 9.96. The zero-order valence-electron chi connectivity index (χ0n) is 12.3. The van der Waals surface area contributed by atoms with Crippen molar-refractivity contribution >= 4 is 22.9 Å². The molecule has 2 rings (SSSR count). The summed E-state index contributed by atoms with van der Waals surface area (Å²) in [5.74, 6) is -0.347. The molecule has 0 fully saturated rings. The van der Waals surface area contributed by atoms with Crippen molar-refractivity contribution in [3.63, 3.8) is 0 Å². The maximum Gasteiger partial charge on any atom is 0.257 e. The zero-order valence-corrected chi connectivity index (χ0v) is 12.3. The second kappa shape index (κ2) is 6.34. The van der Waals surface area contributed by atoms with Crippen molar-refractivity contribution in [2.45, 2.75) is 20.8 Å². The van der Waals surface area contributed by atoms with Gasteiger partial charge in [-0.2, -0.15) is 0 Å². The molecule has 7 heteroatoms. The maximum absolute atomic E-state index is 12.0. The summed E-state index contributed by atoms with van der Waals surface area (Å²) < 4.78 is 4.99. The summed E-state index contributed by atoms with van der Waals surface area (Å²) >= 11 is 0. The molecule has 0 bridgehead atoms. The average molecular weight is 290 g/mol. The van der Waals surface area contributed by atoms with Gasteiger partial charge in [-0.3, -0.25) is 9.59 Å². The lowest BCUT2D eigenvalue weighted by atomic mass is 10.2. The standard InChI is InChI=1S/C14H18N4O3/c1-8(2)12(19)15-4-5-16-13(20)10-6-11-9(3)18-21-14(11)17-7-10/h6-8H,4-5H2,1-3H3,(H,15,19)(H,16,20). The van der Waals surface area contributed by atoms with Crippen molar-refractivity contribution in [1.29, 1.82) is 0 Å². The molecule has 112 valence electrons. The minimum atomic E-state index is -0.246. The first-order valence-electron chi connectivity index (χ1n) is 6.77. The number of aryl methyl sites for hydroxylation is 1. The number of nitrogens with zero attached hydrogens (tertiary/aromatic N) is 2. The first kappa shape index (κ1) is 15.0. The fourth-order valence-corrected chi connectivity index (χ4v) is 1.74. The molecular formula is C14H18N4O3. The minimum absolute atomic E-state index is 0.0348. The fraction of sp³-hybridized carbons (Fsp3) is 0.429. The first-order valence-corrected chi connectivity index (χ1v) is 6.77. The topological polar surface area (TPSA) is 97.1 Å². The van der Waals surface area contributed by atoms with E-state index in [1.807, 2.05) is 13.8 Å². The van der Waals surface area contributed by atoms with Crippen molar-refractivity contribution in [3.05, 3.63) is 23.5 Å². The van der Waals surface area contributed by atoms with Gasteiger partial charge in [-0.1, -0.05) is 19.0 Å². The summed E-state index contributed by atoms with van der Waals surface area (Å²) in [6, 6.07) is 1.69. The van der Waals surface area contributed by atoms with Gasteiger partial charge in [-0.05, 0) is 13.0 Å². The van der Waals surface area contributed by atoms with Crippen LogP contribution in [0.2, 0.25) is 0 Å². The van der Waals surface area contributed by atoms with Crippen LogP contribution < -0.4 is 10.6 Å². The van der Waals surface area contributed by atoms with E-state index in [0.717, 1.165) is 5.39 Å². The number of nitrogens with one attached hydrogen (secondary N) is 2. The Labute approximate surface area is 122 Å². The highest BCUT2D eigenvalue weighted by Crippen LogP contribution is 2.16. The van der Waals surface area contributed by atoms with Gasteiger partial charge in [0.25, 0.3) is 11.6 Å². The Bertz CT molecular complexity index is 663. The highest BCUT2D eigenvalue weighted by atomic mass is 16.5. The molecule has 21 heavy (non-hydrogen) atoms. The van der Waals surface area contributed by atoms with Crippen LogP contribution in [0, 0.1) is 12.8 Å². The number of hydrogen-bond acceptors (Lipinski definition) is 5. The van der Waals surface area contributed by atoms with E-state index in [1.165, 1.54) is 6.20 Å². The predicted octanol–water partition coefficient (Wildman–Crippen LogP) is 1.03. The van der Waals surface area contributed by atoms with E-state index in [1.54, 1.807) is 13.0 Å². The Morgan fingerprint density at radius 2 is 2.00 bits per heavy atom. The van der Waals surface area contributed by atoms with E-state index in [9.17, 15) is 9.59 Å². The molecule has 0 spiro atoms. The molecule has 0 saturated carbocycles. The average Bonchev–Trinajstić information content (AvgIpc) is 2.84. The van der Waals surface area contributed by atoms with Crippen molar-refractivity contribution < 1.29 is 14.1 Å². The quantitative estimate of drug-likeness (QED) is 0.802. The molecule has 0 unspecified atom stereocenters. The Hall–Kier alpha value is -2.44. The number of amides is 2. The van der Waals surface area contributed by atoms with Crippen molar-refractivity contribution in [1.82, 2.24) is 20.8 Å². The highest BCUT2D eigenvalue weighted by molar-refractivity contribution is 5.96. The largest absolute Gasteiger partial charge is 0.354 e. The molecule has 0 aliphatic rings. The summed E-state index contributed by atoms with van der Waals surface area (Å²) in [5.41, 5.74) is 1.54. The minimum Gasteiger partial charge on any atom is -0.354 e. The molecular weight excluding hydrogens is 272 g/mol. The van der Waals surface area contributed by atoms with Gasteiger partial charge in [0, 0.05) is 25.2 Å². The normalized spacial score (nSPS) is 10.9. The molecule has 2 heterocycles. The molecule has 0 saturated heterocycles. The SMILES string of the molecule is Cc1noc2ncc(C(=O)NCCNC(=O)C(C)C)cc12.